The largest absolute Gasteiger partial charge is 0.497 e. The summed E-state index contributed by atoms with van der Waals surface area (Å²) < 4.78 is 9.17. The second kappa shape index (κ2) is 8.49. The number of ether oxygens (including phenoxy) is 2. The molecule has 1 amide bonds. The molecule has 1 aromatic carbocycles. The first-order valence-corrected chi connectivity index (χ1v) is 11.0. The van der Waals surface area contributed by atoms with Crippen LogP contribution in [0.2, 0.25) is 0 Å². The molecule has 3 rings (SSSR count). The van der Waals surface area contributed by atoms with Crippen molar-refractivity contribution in [3.63, 3.8) is 0 Å². The van der Waals surface area contributed by atoms with Crippen LogP contribution in [0.1, 0.15) is 50.2 Å². The smallest absolute Gasteiger partial charge is 0.410 e. The van der Waals surface area contributed by atoms with Crippen LogP contribution in [0.4, 0.5) is 4.79 Å². The van der Waals surface area contributed by atoms with Gasteiger partial charge in [-0.05, 0) is 62.3 Å². The lowest BCUT2D eigenvalue weighted by Gasteiger charge is -2.54. The molecule has 1 saturated carbocycles. The van der Waals surface area contributed by atoms with Crippen LogP contribution in [0, 0.1) is 12.8 Å². The predicted octanol–water partition coefficient (Wildman–Crippen LogP) is 6.03. The second-order valence-electron chi connectivity index (χ2n) is 8.04. The van der Waals surface area contributed by atoms with Gasteiger partial charge in [0.1, 0.15) is 12.4 Å². The Balaban J connectivity index is 1.88. The topological polar surface area (TPSA) is 38.8 Å². The van der Waals surface area contributed by atoms with Gasteiger partial charge < -0.3 is 14.4 Å². The number of hydrogen-bond acceptors (Lipinski definition) is 3. The Labute approximate surface area is 182 Å². The number of aryl methyl sites for hydroxylation is 1. The van der Waals surface area contributed by atoms with Gasteiger partial charge >= 0.3 is 6.09 Å². The Hall–Kier alpha value is -0.840. The molecule has 2 fully saturated rings. The molecule has 7 heteroatoms. The summed E-state index contributed by atoms with van der Waals surface area (Å²) in [6.45, 7) is 4.68. The van der Waals surface area contributed by atoms with E-state index in [-0.39, 0.29) is 18.1 Å². The molecule has 3 atom stereocenters. The molecule has 156 valence electrons. The number of hydrogen-bond donors (Lipinski definition) is 0. The minimum atomic E-state index is -1.60. The Bertz CT molecular complexity index is 721. The molecule has 1 saturated heterocycles. The molecule has 1 aliphatic heterocycles. The lowest BCUT2D eigenvalue weighted by molar-refractivity contribution is 0.00367. The zero-order chi connectivity index (χ0) is 20.5. The number of alkyl halides is 3. The monoisotopic (exact) mass is 447 g/mol. The number of carbonyl (C=O) groups excluding carboxylic acids is 1. The van der Waals surface area contributed by atoms with Crippen LogP contribution in [0.5, 0.6) is 5.75 Å². The van der Waals surface area contributed by atoms with Crippen molar-refractivity contribution in [2.45, 2.75) is 61.2 Å². The average Bonchev–Trinajstić information content (AvgIpc) is 2.66. The van der Waals surface area contributed by atoms with Crippen LogP contribution < -0.4 is 4.74 Å². The predicted molar refractivity (Wildman–Crippen MR) is 114 cm³/mol. The van der Waals surface area contributed by atoms with Crippen molar-refractivity contribution in [2.75, 3.05) is 20.3 Å². The Morgan fingerprint density at radius 2 is 2.04 bits per heavy atom. The van der Waals surface area contributed by atoms with E-state index in [1.54, 1.807) is 12.0 Å². The first-order chi connectivity index (χ1) is 13.2. The van der Waals surface area contributed by atoms with Crippen molar-refractivity contribution >= 4 is 40.9 Å². The highest BCUT2D eigenvalue weighted by Crippen LogP contribution is 2.52. The zero-order valence-corrected chi connectivity index (χ0v) is 18.9. The molecule has 0 spiro atoms. The lowest BCUT2D eigenvalue weighted by atomic mass is 9.56. The van der Waals surface area contributed by atoms with E-state index in [4.69, 9.17) is 44.3 Å². The van der Waals surface area contributed by atoms with Gasteiger partial charge in [0.05, 0.1) is 7.11 Å². The molecule has 3 unspecified atom stereocenters. The Kier molecular flexibility index (Phi) is 6.63. The fourth-order valence-electron chi connectivity index (χ4n) is 5.24. The quantitative estimate of drug-likeness (QED) is 0.530. The van der Waals surface area contributed by atoms with Crippen molar-refractivity contribution in [2.24, 2.45) is 5.92 Å². The molecule has 0 N–H and O–H groups in total. The summed E-state index contributed by atoms with van der Waals surface area (Å²) in [5, 5.41) is 0. The van der Waals surface area contributed by atoms with E-state index in [9.17, 15) is 4.79 Å². The third kappa shape index (κ3) is 4.34. The number of carbonyl (C=O) groups is 1. The number of likely N-dealkylation sites (tertiary alicyclic amines) is 1. The number of benzene rings is 1. The zero-order valence-electron chi connectivity index (χ0n) is 16.6. The molecule has 0 bridgehead atoms. The number of methoxy groups -OCH3 is 1. The minimum Gasteiger partial charge on any atom is -0.497 e. The summed E-state index contributed by atoms with van der Waals surface area (Å²) in [7, 11) is 1.70. The fourth-order valence-corrected chi connectivity index (χ4v) is 5.40. The normalized spacial score (nSPS) is 27.9. The molecular formula is C21H28Cl3NO3. The molecule has 1 heterocycles. The number of halogens is 3. The second-order valence-corrected chi connectivity index (χ2v) is 10.6. The molecular weight excluding hydrogens is 421 g/mol. The summed E-state index contributed by atoms with van der Waals surface area (Å²) in [6, 6.07) is 6.40. The number of fused-ring (bicyclic) bond motifs is 1. The van der Waals surface area contributed by atoms with Crippen LogP contribution in [0.25, 0.3) is 0 Å². The number of piperidine rings is 1. The minimum absolute atomic E-state index is 0.0578. The standard InChI is InChI=1S/C21H28Cl3NO3/c1-14-7-8-16(27-3)12-18(14)20-9-5-4-6-17(20)15(2)25(11-10-20)19(26)28-13-21(22,23)24/h7-8,12,15,17H,4-6,9-11,13H2,1-3H3. The molecule has 1 aromatic rings. The van der Waals surface area contributed by atoms with Gasteiger partial charge in [0.25, 0.3) is 0 Å². The SMILES string of the molecule is COc1ccc(C)c(C23CCCCC2C(C)N(C(=O)OCC(Cl)(Cl)Cl)CC3)c1. The highest BCUT2D eigenvalue weighted by molar-refractivity contribution is 6.67. The van der Waals surface area contributed by atoms with Crippen molar-refractivity contribution in [3.8, 4) is 5.75 Å². The van der Waals surface area contributed by atoms with Crippen molar-refractivity contribution in [1.82, 2.24) is 4.90 Å². The van der Waals surface area contributed by atoms with E-state index >= 15 is 0 Å². The van der Waals surface area contributed by atoms with Gasteiger partial charge in [0.15, 0.2) is 0 Å². The maximum atomic E-state index is 12.6. The van der Waals surface area contributed by atoms with Crippen LogP contribution in [-0.4, -0.2) is 41.1 Å². The van der Waals surface area contributed by atoms with Crippen LogP contribution >= 0.6 is 34.8 Å². The Morgan fingerprint density at radius 1 is 1.29 bits per heavy atom. The summed E-state index contributed by atoms with van der Waals surface area (Å²) in [5.74, 6) is 1.25. The molecule has 28 heavy (non-hydrogen) atoms. The first kappa shape index (κ1) is 21.9. The molecule has 2 aliphatic rings. The number of rotatable bonds is 3. The van der Waals surface area contributed by atoms with Gasteiger partial charge in [-0.2, -0.15) is 0 Å². The van der Waals surface area contributed by atoms with Crippen LogP contribution in [-0.2, 0) is 10.2 Å². The summed E-state index contributed by atoms with van der Waals surface area (Å²) in [5.41, 5.74) is 2.70. The van der Waals surface area contributed by atoms with E-state index < -0.39 is 9.89 Å². The fraction of sp³-hybridized carbons (Fsp3) is 0.667. The molecule has 0 aromatic heterocycles. The van der Waals surface area contributed by atoms with Crippen molar-refractivity contribution in [1.29, 1.82) is 0 Å². The molecule has 4 nitrogen and oxygen atoms in total. The van der Waals surface area contributed by atoms with E-state index in [1.807, 2.05) is 6.07 Å². The average molecular weight is 449 g/mol. The third-order valence-corrected chi connectivity index (χ3v) is 6.87. The van der Waals surface area contributed by atoms with Gasteiger partial charge in [-0.1, -0.05) is 53.7 Å². The maximum Gasteiger partial charge on any atom is 0.410 e. The third-order valence-electron chi connectivity index (χ3n) is 6.55. The summed E-state index contributed by atoms with van der Waals surface area (Å²) in [4.78, 5) is 14.5. The summed E-state index contributed by atoms with van der Waals surface area (Å²) >= 11 is 17.2. The lowest BCUT2D eigenvalue weighted by Crippen LogP contribution is -2.58. The van der Waals surface area contributed by atoms with Gasteiger partial charge in [-0.15, -0.1) is 0 Å². The van der Waals surface area contributed by atoms with Crippen molar-refractivity contribution < 1.29 is 14.3 Å². The van der Waals surface area contributed by atoms with E-state index in [1.165, 1.54) is 24.0 Å². The first-order valence-electron chi connectivity index (χ1n) is 9.83. The number of amides is 1. The van der Waals surface area contributed by atoms with Crippen molar-refractivity contribution in [3.05, 3.63) is 29.3 Å². The Morgan fingerprint density at radius 3 is 2.71 bits per heavy atom. The van der Waals surface area contributed by atoms with Gasteiger partial charge in [-0.25, -0.2) is 4.79 Å². The van der Waals surface area contributed by atoms with Gasteiger partial charge in [0, 0.05) is 18.0 Å². The van der Waals surface area contributed by atoms with Crippen LogP contribution in [0.15, 0.2) is 18.2 Å². The van der Waals surface area contributed by atoms with Crippen LogP contribution in [0.3, 0.4) is 0 Å². The maximum absolute atomic E-state index is 12.6. The highest BCUT2D eigenvalue weighted by Gasteiger charge is 2.51. The molecule has 0 radical (unpaired) electrons. The van der Waals surface area contributed by atoms with E-state index in [2.05, 4.69) is 26.0 Å². The van der Waals surface area contributed by atoms with Gasteiger partial charge in [0.2, 0.25) is 3.79 Å². The van der Waals surface area contributed by atoms with Gasteiger partial charge in [-0.3, -0.25) is 0 Å². The van der Waals surface area contributed by atoms with E-state index in [0.29, 0.717) is 12.5 Å². The highest BCUT2D eigenvalue weighted by atomic mass is 35.6. The summed E-state index contributed by atoms with van der Waals surface area (Å²) in [6.07, 6.45) is 5.10. The molecule has 1 aliphatic carbocycles. The number of nitrogens with zero attached hydrogens (tertiary/aromatic N) is 1. The van der Waals surface area contributed by atoms with E-state index in [0.717, 1.165) is 25.0 Å².